The lowest BCUT2D eigenvalue weighted by atomic mass is 9.96. The van der Waals surface area contributed by atoms with E-state index in [4.69, 9.17) is 10.5 Å². The number of ether oxygens (including phenoxy) is 1. The van der Waals surface area contributed by atoms with Crippen molar-refractivity contribution in [2.45, 2.75) is 25.9 Å². The maximum absolute atomic E-state index is 12.0. The van der Waals surface area contributed by atoms with E-state index in [2.05, 4.69) is 15.9 Å². The predicted molar refractivity (Wildman–Crippen MR) is 73.8 cm³/mol. The molecule has 0 heterocycles. The molecule has 2 N–H and O–H groups in total. The molecule has 2 unspecified atom stereocenters. The number of rotatable bonds is 4. The fourth-order valence-corrected chi connectivity index (χ4v) is 2.74. The van der Waals surface area contributed by atoms with Gasteiger partial charge in [0.2, 0.25) is 0 Å². The number of halogens is 1. The van der Waals surface area contributed by atoms with Crippen molar-refractivity contribution < 1.29 is 9.53 Å². The van der Waals surface area contributed by atoms with Crippen LogP contribution in [0.1, 0.15) is 24.8 Å². The summed E-state index contributed by atoms with van der Waals surface area (Å²) in [6, 6.07) is 7.79. The summed E-state index contributed by atoms with van der Waals surface area (Å²) in [4.78, 5) is 12.0. The largest absolute Gasteiger partial charge is 0.461 e. The SMILES string of the molecule is NCC1CCCC1C(=O)OCc1ccc(Br)cc1. The molecule has 1 aromatic carbocycles. The maximum Gasteiger partial charge on any atom is 0.309 e. The number of carbonyl (C=O) groups is 1. The first-order valence-electron chi connectivity index (χ1n) is 6.32. The van der Waals surface area contributed by atoms with Crippen molar-refractivity contribution in [1.82, 2.24) is 0 Å². The molecule has 0 spiro atoms. The van der Waals surface area contributed by atoms with E-state index in [1.807, 2.05) is 24.3 Å². The van der Waals surface area contributed by atoms with Crippen molar-refractivity contribution in [1.29, 1.82) is 0 Å². The molecule has 1 aromatic rings. The van der Waals surface area contributed by atoms with E-state index in [0.29, 0.717) is 19.1 Å². The minimum atomic E-state index is -0.0918. The molecule has 0 bridgehead atoms. The summed E-state index contributed by atoms with van der Waals surface area (Å²) in [7, 11) is 0. The summed E-state index contributed by atoms with van der Waals surface area (Å²) in [5.74, 6) is 0.221. The van der Waals surface area contributed by atoms with Gasteiger partial charge in [0.25, 0.3) is 0 Å². The topological polar surface area (TPSA) is 52.3 Å². The van der Waals surface area contributed by atoms with Crippen LogP contribution in [0.25, 0.3) is 0 Å². The zero-order valence-corrected chi connectivity index (χ0v) is 11.9. The number of carbonyl (C=O) groups excluding carboxylic acids is 1. The Morgan fingerprint density at radius 1 is 1.33 bits per heavy atom. The van der Waals surface area contributed by atoms with E-state index >= 15 is 0 Å². The van der Waals surface area contributed by atoms with Gasteiger partial charge in [-0.2, -0.15) is 0 Å². The Labute approximate surface area is 116 Å². The van der Waals surface area contributed by atoms with E-state index < -0.39 is 0 Å². The van der Waals surface area contributed by atoms with Gasteiger partial charge in [-0.3, -0.25) is 4.79 Å². The van der Waals surface area contributed by atoms with Crippen molar-refractivity contribution in [2.75, 3.05) is 6.54 Å². The average molecular weight is 312 g/mol. The third-order valence-electron chi connectivity index (χ3n) is 3.56. The number of hydrogen-bond acceptors (Lipinski definition) is 3. The van der Waals surface area contributed by atoms with Crippen LogP contribution in [0, 0.1) is 11.8 Å². The Balaban J connectivity index is 1.86. The molecule has 0 amide bonds. The molecule has 2 rings (SSSR count). The highest BCUT2D eigenvalue weighted by molar-refractivity contribution is 9.10. The van der Waals surface area contributed by atoms with Crippen LogP contribution in [0.5, 0.6) is 0 Å². The van der Waals surface area contributed by atoms with Crippen molar-refractivity contribution in [2.24, 2.45) is 17.6 Å². The second kappa shape index (κ2) is 6.34. The van der Waals surface area contributed by atoms with Gasteiger partial charge in [0.1, 0.15) is 6.61 Å². The lowest BCUT2D eigenvalue weighted by Gasteiger charge is -2.16. The van der Waals surface area contributed by atoms with Crippen LogP contribution in [-0.4, -0.2) is 12.5 Å². The van der Waals surface area contributed by atoms with Gasteiger partial charge in [-0.15, -0.1) is 0 Å². The van der Waals surface area contributed by atoms with E-state index in [0.717, 1.165) is 29.3 Å². The van der Waals surface area contributed by atoms with Crippen molar-refractivity contribution in [3.05, 3.63) is 34.3 Å². The summed E-state index contributed by atoms with van der Waals surface area (Å²) in [6.45, 7) is 0.929. The van der Waals surface area contributed by atoms with E-state index in [1.165, 1.54) is 0 Å². The van der Waals surface area contributed by atoms with Crippen LogP contribution in [0.15, 0.2) is 28.7 Å². The highest BCUT2D eigenvalue weighted by Crippen LogP contribution is 2.32. The first-order chi connectivity index (χ1) is 8.70. The molecular weight excluding hydrogens is 294 g/mol. The molecule has 3 nitrogen and oxygen atoms in total. The van der Waals surface area contributed by atoms with E-state index in [1.54, 1.807) is 0 Å². The Morgan fingerprint density at radius 3 is 2.72 bits per heavy atom. The standard InChI is InChI=1S/C14H18BrNO2/c15-12-6-4-10(5-7-12)9-18-14(17)13-3-1-2-11(13)8-16/h4-7,11,13H,1-3,8-9,16H2. The van der Waals surface area contributed by atoms with Crippen molar-refractivity contribution in [3.8, 4) is 0 Å². The first kappa shape index (κ1) is 13.6. The number of nitrogens with two attached hydrogens (primary N) is 1. The molecule has 4 heteroatoms. The minimum absolute atomic E-state index is 0.00504. The van der Waals surface area contributed by atoms with Crippen LogP contribution in [0.3, 0.4) is 0 Å². The maximum atomic E-state index is 12.0. The molecule has 1 aliphatic carbocycles. The van der Waals surface area contributed by atoms with Crippen LogP contribution in [0.4, 0.5) is 0 Å². The zero-order chi connectivity index (χ0) is 13.0. The molecule has 2 atom stereocenters. The molecule has 0 aliphatic heterocycles. The molecule has 0 saturated heterocycles. The Morgan fingerprint density at radius 2 is 2.06 bits per heavy atom. The summed E-state index contributed by atoms with van der Waals surface area (Å²) in [6.07, 6.45) is 3.05. The Hall–Kier alpha value is -0.870. The van der Waals surface area contributed by atoms with Gasteiger partial charge < -0.3 is 10.5 Å². The molecule has 98 valence electrons. The lowest BCUT2D eigenvalue weighted by molar-refractivity contribution is -0.151. The summed E-state index contributed by atoms with van der Waals surface area (Å²) < 4.78 is 6.40. The molecule has 0 aromatic heterocycles. The molecule has 1 fully saturated rings. The molecule has 1 aliphatic rings. The average Bonchev–Trinajstić information content (AvgIpc) is 2.86. The van der Waals surface area contributed by atoms with Gasteiger partial charge in [-0.25, -0.2) is 0 Å². The van der Waals surface area contributed by atoms with Gasteiger partial charge in [0.05, 0.1) is 5.92 Å². The summed E-state index contributed by atoms with van der Waals surface area (Å²) >= 11 is 3.37. The normalized spacial score (nSPS) is 23.0. The fourth-order valence-electron chi connectivity index (χ4n) is 2.47. The zero-order valence-electron chi connectivity index (χ0n) is 10.3. The van der Waals surface area contributed by atoms with Gasteiger partial charge in [0.15, 0.2) is 0 Å². The predicted octanol–water partition coefficient (Wildman–Crippen LogP) is 2.87. The van der Waals surface area contributed by atoms with Crippen molar-refractivity contribution >= 4 is 21.9 Å². The van der Waals surface area contributed by atoms with Crippen LogP contribution in [0.2, 0.25) is 0 Å². The second-order valence-electron chi connectivity index (χ2n) is 4.77. The van der Waals surface area contributed by atoms with Gasteiger partial charge >= 0.3 is 5.97 Å². The third kappa shape index (κ3) is 3.33. The number of esters is 1. The minimum Gasteiger partial charge on any atom is -0.461 e. The van der Waals surface area contributed by atoms with E-state index in [-0.39, 0.29) is 11.9 Å². The second-order valence-corrected chi connectivity index (χ2v) is 5.68. The number of benzene rings is 1. The van der Waals surface area contributed by atoms with Gasteiger partial charge in [0, 0.05) is 4.47 Å². The molecule has 0 radical (unpaired) electrons. The number of hydrogen-bond donors (Lipinski definition) is 1. The monoisotopic (exact) mass is 311 g/mol. The molecular formula is C14H18BrNO2. The van der Waals surface area contributed by atoms with Crippen LogP contribution >= 0.6 is 15.9 Å². The quantitative estimate of drug-likeness (QED) is 0.870. The fraction of sp³-hybridized carbons (Fsp3) is 0.500. The van der Waals surface area contributed by atoms with Gasteiger partial charge in [-0.1, -0.05) is 34.5 Å². The van der Waals surface area contributed by atoms with Crippen LogP contribution in [-0.2, 0) is 16.1 Å². The van der Waals surface area contributed by atoms with Crippen molar-refractivity contribution in [3.63, 3.8) is 0 Å². The molecule has 1 saturated carbocycles. The smallest absolute Gasteiger partial charge is 0.309 e. The van der Waals surface area contributed by atoms with Crippen LogP contribution < -0.4 is 5.73 Å². The summed E-state index contributed by atoms with van der Waals surface area (Å²) in [5.41, 5.74) is 6.68. The third-order valence-corrected chi connectivity index (χ3v) is 4.09. The Bertz CT molecular complexity index is 405. The Kier molecular flexibility index (Phi) is 4.78. The first-order valence-corrected chi connectivity index (χ1v) is 7.11. The van der Waals surface area contributed by atoms with Gasteiger partial charge in [-0.05, 0) is 43.0 Å². The lowest BCUT2D eigenvalue weighted by Crippen LogP contribution is -2.26. The highest BCUT2D eigenvalue weighted by Gasteiger charge is 2.33. The van der Waals surface area contributed by atoms with E-state index in [9.17, 15) is 4.79 Å². The molecule has 18 heavy (non-hydrogen) atoms. The summed E-state index contributed by atoms with van der Waals surface area (Å²) in [5, 5.41) is 0. The highest BCUT2D eigenvalue weighted by atomic mass is 79.9.